The van der Waals surface area contributed by atoms with Gasteiger partial charge in [0.2, 0.25) is 0 Å². The molecule has 0 bridgehead atoms. The Morgan fingerprint density at radius 2 is 1.67 bits per heavy atom. The van der Waals surface area contributed by atoms with Crippen LogP contribution in [0.5, 0.6) is 11.5 Å². The van der Waals surface area contributed by atoms with Crippen molar-refractivity contribution in [1.82, 2.24) is 5.32 Å². The molecule has 0 spiro atoms. The quantitative estimate of drug-likeness (QED) is 0.504. The summed E-state index contributed by atoms with van der Waals surface area (Å²) in [6, 6.07) is 22.0. The van der Waals surface area contributed by atoms with E-state index in [1.165, 1.54) is 0 Å². The van der Waals surface area contributed by atoms with Gasteiger partial charge in [-0.2, -0.15) is 0 Å². The van der Waals surface area contributed by atoms with E-state index in [9.17, 15) is 4.79 Å². The highest BCUT2D eigenvalue weighted by Gasteiger charge is 2.20. The maximum atomic E-state index is 12.6. The summed E-state index contributed by atoms with van der Waals surface area (Å²) in [5.74, 6) is 1.43. The van der Waals surface area contributed by atoms with E-state index in [4.69, 9.17) is 9.47 Å². The first-order valence-electron chi connectivity index (χ1n) is 10.5. The first-order valence-corrected chi connectivity index (χ1v) is 10.5. The van der Waals surface area contributed by atoms with E-state index in [0.717, 1.165) is 22.1 Å². The van der Waals surface area contributed by atoms with E-state index in [-0.39, 0.29) is 11.3 Å². The van der Waals surface area contributed by atoms with Crippen molar-refractivity contribution in [2.75, 3.05) is 13.2 Å². The highest BCUT2D eigenvalue weighted by molar-refractivity contribution is 5.84. The van der Waals surface area contributed by atoms with Crippen molar-refractivity contribution in [1.29, 1.82) is 0 Å². The molecule has 30 heavy (non-hydrogen) atoms. The average molecular weight is 406 g/mol. The predicted molar refractivity (Wildman–Crippen MR) is 122 cm³/mol. The lowest BCUT2D eigenvalue weighted by molar-refractivity contribution is -0.128. The molecule has 0 aliphatic heterocycles. The van der Waals surface area contributed by atoms with Crippen LogP contribution in [-0.4, -0.2) is 25.2 Å². The molecule has 1 atom stereocenters. The number of fused-ring (bicyclic) bond motifs is 1. The van der Waals surface area contributed by atoms with Gasteiger partial charge in [0.25, 0.3) is 5.91 Å². The molecular formula is C26H31NO3. The lowest BCUT2D eigenvalue weighted by atomic mass is 9.86. The minimum Gasteiger partial charge on any atom is -0.491 e. The number of carbonyl (C=O) groups is 1. The second kappa shape index (κ2) is 9.66. The Bertz CT molecular complexity index is 991. The van der Waals surface area contributed by atoms with Crippen LogP contribution in [0, 0.1) is 0 Å². The summed E-state index contributed by atoms with van der Waals surface area (Å²) in [6.07, 6.45) is 0.0554. The number of hydrogen-bond acceptors (Lipinski definition) is 3. The summed E-state index contributed by atoms with van der Waals surface area (Å²) in [7, 11) is 0. The van der Waals surface area contributed by atoms with Crippen LogP contribution in [0.1, 0.15) is 39.7 Å². The zero-order chi connectivity index (χ0) is 21.6. The Balaban J connectivity index is 1.53. The minimum absolute atomic E-state index is 0.000837. The molecule has 158 valence electrons. The van der Waals surface area contributed by atoms with E-state index in [2.05, 4.69) is 38.2 Å². The molecule has 0 heterocycles. The van der Waals surface area contributed by atoms with Crippen LogP contribution in [-0.2, 0) is 10.2 Å². The fourth-order valence-corrected chi connectivity index (χ4v) is 3.39. The molecule has 4 nitrogen and oxygen atoms in total. The van der Waals surface area contributed by atoms with E-state index in [1.807, 2.05) is 61.5 Å². The Labute approximate surface area is 179 Å². The molecule has 0 fully saturated rings. The van der Waals surface area contributed by atoms with Crippen molar-refractivity contribution in [2.24, 2.45) is 0 Å². The van der Waals surface area contributed by atoms with E-state index >= 15 is 0 Å². The maximum absolute atomic E-state index is 12.6. The molecule has 1 N–H and O–H groups in total. The number of carbonyl (C=O) groups excluding carboxylic acids is 1. The Morgan fingerprint density at radius 3 is 2.40 bits per heavy atom. The van der Waals surface area contributed by atoms with Crippen molar-refractivity contribution in [3.8, 4) is 11.5 Å². The first-order chi connectivity index (χ1) is 14.4. The number of amides is 1. The number of hydrogen-bond donors (Lipinski definition) is 1. The monoisotopic (exact) mass is 405 g/mol. The Hall–Kier alpha value is -3.01. The van der Waals surface area contributed by atoms with Gasteiger partial charge in [-0.15, -0.1) is 0 Å². The van der Waals surface area contributed by atoms with Crippen molar-refractivity contribution >= 4 is 16.7 Å². The number of nitrogens with one attached hydrogen (secondary N) is 1. The molecule has 0 aliphatic carbocycles. The van der Waals surface area contributed by atoms with Crippen LogP contribution in [0.15, 0.2) is 66.7 Å². The molecule has 0 aromatic heterocycles. The number of para-hydroxylation sites is 1. The predicted octanol–water partition coefficient (Wildman–Crippen LogP) is 5.49. The third-order valence-electron chi connectivity index (χ3n) is 5.02. The van der Waals surface area contributed by atoms with Crippen LogP contribution in [0.25, 0.3) is 10.8 Å². The fraction of sp³-hybridized carbons (Fsp3) is 0.346. The molecule has 4 heteroatoms. The molecule has 0 aliphatic rings. The average Bonchev–Trinajstić information content (AvgIpc) is 2.74. The van der Waals surface area contributed by atoms with Gasteiger partial charge in [0.05, 0.1) is 6.54 Å². The third-order valence-corrected chi connectivity index (χ3v) is 5.02. The lowest BCUT2D eigenvalue weighted by Gasteiger charge is -2.23. The van der Waals surface area contributed by atoms with Crippen molar-refractivity contribution in [2.45, 2.75) is 45.6 Å². The van der Waals surface area contributed by atoms with Crippen molar-refractivity contribution in [3.05, 3.63) is 72.3 Å². The summed E-state index contributed by atoms with van der Waals surface area (Å²) in [5, 5.41) is 5.17. The number of benzene rings is 3. The third kappa shape index (κ3) is 5.53. The van der Waals surface area contributed by atoms with Gasteiger partial charge in [-0.1, -0.05) is 76.2 Å². The highest BCUT2D eigenvalue weighted by Crippen LogP contribution is 2.30. The molecule has 3 rings (SSSR count). The van der Waals surface area contributed by atoms with Crippen LogP contribution in [0.4, 0.5) is 0 Å². The molecule has 0 saturated carbocycles. The number of rotatable bonds is 8. The zero-order valence-electron chi connectivity index (χ0n) is 18.3. The summed E-state index contributed by atoms with van der Waals surface area (Å²) in [6.45, 7) is 9.26. The molecule has 0 saturated heterocycles. The molecule has 0 unspecified atom stereocenters. The highest BCUT2D eigenvalue weighted by atomic mass is 16.5. The van der Waals surface area contributed by atoms with E-state index in [1.54, 1.807) is 0 Å². The second-order valence-corrected chi connectivity index (χ2v) is 8.41. The summed E-state index contributed by atoms with van der Waals surface area (Å²) in [5.41, 5.74) is 1.16. The standard InChI is InChI=1S/C26H31NO3/c1-5-23(30-21-15-14-19-10-6-7-11-20(19)18-21)25(28)27-16-17-29-24-13-9-8-12-22(24)26(2,3)4/h6-15,18,23H,5,16-17H2,1-4H3,(H,27,28)/t23-/m1/s1. The van der Waals surface area contributed by atoms with E-state index < -0.39 is 6.10 Å². The topological polar surface area (TPSA) is 47.6 Å². The van der Waals surface area contributed by atoms with Crippen LogP contribution in [0.2, 0.25) is 0 Å². The lowest BCUT2D eigenvalue weighted by Crippen LogP contribution is -2.39. The van der Waals surface area contributed by atoms with Crippen molar-refractivity contribution in [3.63, 3.8) is 0 Å². The van der Waals surface area contributed by atoms with Gasteiger partial charge in [0, 0.05) is 0 Å². The van der Waals surface area contributed by atoms with Gasteiger partial charge < -0.3 is 14.8 Å². The Kier molecular flexibility index (Phi) is 6.99. The largest absolute Gasteiger partial charge is 0.491 e. The van der Waals surface area contributed by atoms with Gasteiger partial charge in [0.1, 0.15) is 18.1 Å². The van der Waals surface area contributed by atoms with Crippen LogP contribution < -0.4 is 14.8 Å². The Morgan fingerprint density at radius 1 is 0.967 bits per heavy atom. The first kappa shape index (κ1) is 21.7. The second-order valence-electron chi connectivity index (χ2n) is 8.41. The van der Waals surface area contributed by atoms with Crippen LogP contribution >= 0.6 is 0 Å². The van der Waals surface area contributed by atoms with Crippen molar-refractivity contribution < 1.29 is 14.3 Å². The fourth-order valence-electron chi connectivity index (χ4n) is 3.39. The molecule has 3 aromatic carbocycles. The zero-order valence-corrected chi connectivity index (χ0v) is 18.3. The van der Waals surface area contributed by atoms with E-state index in [0.29, 0.717) is 25.3 Å². The molecule has 1 amide bonds. The van der Waals surface area contributed by atoms with Gasteiger partial charge >= 0.3 is 0 Å². The maximum Gasteiger partial charge on any atom is 0.261 e. The smallest absolute Gasteiger partial charge is 0.261 e. The van der Waals surface area contributed by atoms with Crippen LogP contribution in [0.3, 0.4) is 0 Å². The number of ether oxygens (including phenoxy) is 2. The minimum atomic E-state index is -0.534. The van der Waals surface area contributed by atoms with Gasteiger partial charge in [0.15, 0.2) is 6.10 Å². The summed E-state index contributed by atoms with van der Waals surface area (Å²) in [4.78, 5) is 12.6. The normalized spacial score (nSPS) is 12.4. The molecule has 0 radical (unpaired) electrons. The van der Waals surface area contributed by atoms with Gasteiger partial charge in [-0.05, 0) is 46.4 Å². The SMILES string of the molecule is CC[C@@H](Oc1ccc2ccccc2c1)C(=O)NCCOc1ccccc1C(C)(C)C. The summed E-state index contributed by atoms with van der Waals surface area (Å²) >= 11 is 0. The molecular weight excluding hydrogens is 374 g/mol. The van der Waals surface area contributed by atoms with Gasteiger partial charge in [-0.3, -0.25) is 4.79 Å². The van der Waals surface area contributed by atoms with Gasteiger partial charge in [-0.25, -0.2) is 0 Å². The molecule has 3 aromatic rings. The summed E-state index contributed by atoms with van der Waals surface area (Å²) < 4.78 is 11.9.